The van der Waals surface area contributed by atoms with E-state index in [0.717, 1.165) is 12.2 Å². The molecule has 1 N–H and O–H groups in total. The monoisotopic (exact) mass is 480 g/mol. The number of nitrogens with zero attached hydrogens (tertiary/aromatic N) is 1. The summed E-state index contributed by atoms with van der Waals surface area (Å²) in [7, 11) is 0. The zero-order chi connectivity index (χ0) is 22.8. The van der Waals surface area contributed by atoms with Gasteiger partial charge in [-0.25, -0.2) is 0 Å². The van der Waals surface area contributed by atoms with Gasteiger partial charge in [0, 0.05) is 34.5 Å². The van der Waals surface area contributed by atoms with Crippen molar-refractivity contribution in [3.8, 4) is 0 Å². The van der Waals surface area contributed by atoms with Crippen LogP contribution in [0.4, 0.5) is 0 Å². The maximum absolute atomic E-state index is 13.2. The van der Waals surface area contributed by atoms with Gasteiger partial charge in [-0.15, -0.1) is 11.8 Å². The quantitative estimate of drug-likeness (QED) is 0.437. The smallest absolute Gasteiger partial charge is 0.242 e. The second-order valence-electron chi connectivity index (χ2n) is 7.42. The third-order valence-corrected chi connectivity index (χ3v) is 6.60. The normalized spacial score (nSPS) is 11.8. The predicted molar refractivity (Wildman–Crippen MR) is 132 cm³/mol. The molecule has 1 unspecified atom stereocenters. The lowest BCUT2D eigenvalue weighted by Gasteiger charge is -2.31. The van der Waals surface area contributed by atoms with Gasteiger partial charge in [0.25, 0.3) is 0 Å². The Morgan fingerprint density at radius 2 is 1.77 bits per heavy atom. The molecule has 2 rings (SSSR count). The number of nitrogens with one attached hydrogen (secondary N) is 1. The lowest BCUT2D eigenvalue weighted by atomic mass is 10.1. The van der Waals surface area contributed by atoms with Crippen LogP contribution in [0.3, 0.4) is 0 Å². The van der Waals surface area contributed by atoms with Crippen molar-refractivity contribution in [1.82, 2.24) is 10.2 Å². The first-order chi connectivity index (χ1) is 14.9. The van der Waals surface area contributed by atoms with Crippen LogP contribution in [0.25, 0.3) is 0 Å². The SMILES string of the molecule is CCCNC(=O)C(CC)N(Cc1c(Cl)cccc1Cl)C(=O)CSCc1cccc(C)c1. The Labute approximate surface area is 199 Å². The summed E-state index contributed by atoms with van der Waals surface area (Å²) >= 11 is 14.3. The first-order valence-corrected chi connectivity index (χ1v) is 12.4. The number of aryl methyl sites for hydroxylation is 1. The summed E-state index contributed by atoms with van der Waals surface area (Å²) in [5.41, 5.74) is 3.02. The topological polar surface area (TPSA) is 49.4 Å². The van der Waals surface area contributed by atoms with Gasteiger partial charge in [0.1, 0.15) is 6.04 Å². The Morgan fingerprint density at radius 1 is 1.10 bits per heavy atom. The van der Waals surface area contributed by atoms with Crippen LogP contribution in [0, 0.1) is 6.92 Å². The summed E-state index contributed by atoms with van der Waals surface area (Å²) in [6, 6.07) is 12.9. The standard InChI is InChI=1S/C24H30Cl2N2O2S/c1-4-12-27-24(30)22(5-2)28(14-19-20(25)10-7-11-21(19)26)23(29)16-31-15-18-9-6-8-17(3)13-18/h6-11,13,22H,4-5,12,14-16H2,1-3H3,(H,27,30). The van der Waals surface area contributed by atoms with E-state index in [-0.39, 0.29) is 24.1 Å². The molecule has 2 aromatic carbocycles. The zero-order valence-corrected chi connectivity index (χ0v) is 20.6. The lowest BCUT2D eigenvalue weighted by molar-refractivity contribution is -0.139. The minimum Gasteiger partial charge on any atom is -0.354 e. The molecule has 2 amide bonds. The van der Waals surface area contributed by atoms with Crippen molar-refractivity contribution in [3.05, 3.63) is 69.2 Å². The minimum atomic E-state index is -0.578. The highest BCUT2D eigenvalue weighted by atomic mass is 35.5. The van der Waals surface area contributed by atoms with Gasteiger partial charge in [-0.05, 0) is 37.5 Å². The van der Waals surface area contributed by atoms with Crippen LogP contribution in [-0.4, -0.2) is 35.1 Å². The van der Waals surface area contributed by atoms with Crippen molar-refractivity contribution in [2.45, 2.75) is 52.0 Å². The van der Waals surface area contributed by atoms with Gasteiger partial charge in [0.2, 0.25) is 11.8 Å². The van der Waals surface area contributed by atoms with E-state index < -0.39 is 6.04 Å². The van der Waals surface area contributed by atoms with Crippen LogP contribution in [0.15, 0.2) is 42.5 Å². The second kappa shape index (κ2) is 13.0. The van der Waals surface area contributed by atoms with E-state index >= 15 is 0 Å². The highest BCUT2D eigenvalue weighted by molar-refractivity contribution is 7.99. The molecule has 0 saturated carbocycles. The first kappa shape index (κ1) is 25.6. The largest absolute Gasteiger partial charge is 0.354 e. The molecule has 0 fully saturated rings. The lowest BCUT2D eigenvalue weighted by Crippen LogP contribution is -2.49. The second-order valence-corrected chi connectivity index (χ2v) is 9.22. The van der Waals surface area contributed by atoms with Gasteiger partial charge in [0.15, 0.2) is 0 Å². The van der Waals surface area contributed by atoms with Crippen LogP contribution in [0.2, 0.25) is 10.0 Å². The molecule has 7 heteroatoms. The zero-order valence-electron chi connectivity index (χ0n) is 18.3. The summed E-state index contributed by atoms with van der Waals surface area (Å²) in [5, 5.41) is 3.89. The van der Waals surface area contributed by atoms with Gasteiger partial charge >= 0.3 is 0 Å². The molecule has 0 saturated heterocycles. The number of benzene rings is 2. The van der Waals surface area contributed by atoms with E-state index in [1.807, 2.05) is 19.9 Å². The number of rotatable bonds is 11. The fourth-order valence-electron chi connectivity index (χ4n) is 3.28. The fraction of sp³-hybridized carbons (Fsp3) is 0.417. The molecule has 0 bridgehead atoms. The molecule has 0 radical (unpaired) electrons. The maximum Gasteiger partial charge on any atom is 0.242 e. The fourth-order valence-corrected chi connectivity index (χ4v) is 4.66. The number of carbonyl (C=O) groups excluding carboxylic acids is 2. The number of amides is 2. The molecule has 0 aliphatic carbocycles. The summed E-state index contributed by atoms with van der Waals surface area (Å²) in [5.74, 6) is 0.747. The molecule has 0 aliphatic rings. The van der Waals surface area contributed by atoms with E-state index in [0.29, 0.717) is 28.6 Å². The van der Waals surface area contributed by atoms with Crippen molar-refractivity contribution in [2.24, 2.45) is 0 Å². The molecular weight excluding hydrogens is 451 g/mol. The average Bonchev–Trinajstić information content (AvgIpc) is 2.74. The van der Waals surface area contributed by atoms with Gasteiger partial charge in [0.05, 0.1) is 5.75 Å². The Morgan fingerprint density at radius 3 is 2.39 bits per heavy atom. The van der Waals surface area contributed by atoms with Crippen molar-refractivity contribution >= 4 is 46.8 Å². The molecule has 0 spiro atoms. The third-order valence-electron chi connectivity index (χ3n) is 4.90. The van der Waals surface area contributed by atoms with Crippen LogP contribution in [0.1, 0.15) is 43.4 Å². The highest BCUT2D eigenvalue weighted by Crippen LogP contribution is 2.27. The van der Waals surface area contributed by atoms with Gasteiger partial charge in [-0.2, -0.15) is 0 Å². The van der Waals surface area contributed by atoms with Crippen LogP contribution in [0.5, 0.6) is 0 Å². The summed E-state index contributed by atoms with van der Waals surface area (Å²) in [6.45, 7) is 6.72. The Bertz CT molecular complexity index is 871. The number of thioether (sulfide) groups is 1. The van der Waals surface area contributed by atoms with E-state index in [9.17, 15) is 9.59 Å². The first-order valence-electron chi connectivity index (χ1n) is 10.5. The Kier molecular flexibility index (Phi) is 10.7. The summed E-state index contributed by atoms with van der Waals surface area (Å²) in [4.78, 5) is 27.7. The third kappa shape index (κ3) is 7.74. The van der Waals surface area contributed by atoms with Crippen LogP contribution in [-0.2, 0) is 21.9 Å². The van der Waals surface area contributed by atoms with Crippen LogP contribution < -0.4 is 5.32 Å². The number of carbonyl (C=O) groups is 2. The van der Waals surface area contributed by atoms with Crippen molar-refractivity contribution in [3.63, 3.8) is 0 Å². The van der Waals surface area contributed by atoms with Crippen molar-refractivity contribution < 1.29 is 9.59 Å². The predicted octanol–water partition coefficient (Wildman–Crippen LogP) is 5.87. The van der Waals surface area contributed by atoms with E-state index in [4.69, 9.17) is 23.2 Å². The van der Waals surface area contributed by atoms with Crippen LogP contribution >= 0.6 is 35.0 Å². The minimum absolute atomic E-state index is 0.105. The Balaban J connectivity index is 2.18. The van der Waals surface area contributed by atoms with Crippen molar-refractivity contribution in [1.29, 1.82) is 0 Å². The number of hydrogen-bond acceptors (Lipinski definition) is 3. The van der Waals surface area contributed by atoms with E-state index in [1.165, 1.54) is 22.9 Å². The molecule has 0 aliphatic heterocycles. The van der Waals surface area contributed by atoms with E-state index in [1.54, 1.807) is 23.1 Å². The molecule has 31 heavy (non-hydrogen) atoms. The number of halogens is 2. The molecule has 0 aromatic heterocycles. The Hall–Kier alpha value is -1.69. The summed E-state index contributed by atoms with van der Waals surface area (Å²) < 4.78 is 0. The average molecular weight is 481 g/mol. The van der Waals surface area contributed by atoms with Gasteiger partial charge in [-0.3, -0.25) is 9.59 Å². The van der Waals surface area contributed by atoms with Crippen molar-refractivity contribution in [2.75, 3.05) is 12.3 Å². The van der Waals surface area contributed by atoms with Gasteiger partial charge < -0.3 is 10.2 Å². The molecule has 2 aromatic rings. The van der Waals surface area contributed by atoms with E-state index in [2.05, 4.69) is 30.4 Å². The molecule has 4 nitrogen and oxygen atoms in total. The highest BCUT2D eigenvalue weighted by Gasteiger charge is 2.29. The maximum atomic E-state index is 13.2. The number of hydrogen-bond donors (Lipinski definition) is 1. The summed E-state index contributed by atoms with van der Waals surface area (Å²) in [6.07, 6.45) is 1.34. The molecule has 1 atom stereocenters. The van der Waals surface area contributed by atoms with Gasteiger partial charge in [-0.1, -0.05) is 72.9 Å². The molecule has 0 heterocycles. The molecule has 168 valence electrons. The molecular formula is C24H30Cl2N2O2S.